The second-order valence-electron chi connectivity index (χ2n) is 3.71. The Labute approximate surface area is 89.3 Å². The summed E-state index contributed by atoms with van der Waals surface area (Å²) in [6.07, 6.45) is 7.38. The van der Waals surface area contributed by atoms with Crippen LogP contribution < -0.4 is 5.32 Å². The number of thioether (sulfide) groups is 1. The summed E-state index contributed by atoms with van der Waals surface area (Å²) in [5.41, 5.74) is 1.41. The van der Waals surface area contributed by atoms with Crippen LogP contribution in [0.2, 0.25) is 0 Å². The minimum Gasteiger partial charge on any atom is -0.334 e. The fourth-order valence-electron chi connectivity index (χ4n) is 1.73. The van der Waals surface area contributed by atoms with E-state index in [0.29, 0.717) is 5.92 Å². The van der Waals surface area contributed by atoms with Gasteiger partial charge in [-0.2, -0.15) is 11.8 Å². The third-order valence-electron chi connectivity index (χ3n) is 2.69. The van der Waals surface area contributed by atoms with Gasteiger partial charge >= 0.3 is 0 Å². The van der Waals surface area contributed by atoms with Gasteiger partial charge in [0, 0.05) is 37.4 Å². The van der Waals surface area contributed by atoms with Gasteiger partial charge in [0.2, 0.25) is 0 Å². The molecule has 1 aliphatic rings. The van der Waals surface area contributed by atoms with E-state index in [1.807, 2.05) is 24.3 Å². The third kappa shape index (κ3) is 2.12. The van der Waals surface area contributed by atoms with Crippen LogP contribution in [0.5, 0.6) is 0 Å². The third-order valence-corrected chi connectivity index (χ3v) is 3.39. The molecule has 1 fully saturated rings. The first kappa shape index (κ1) is 10.1. The molecule has 1 N–H and O–H groups in total. The summed E-state index contributed by atoms with van der Waals surface area (Å²) < 4.78 is 2.31. The first-order valence-electron chi connectivity index (χ1n) is 5.11. The van der Waals surface area contributed by atoms with Crippen LogP contribution >= 0.6 is 11.8 Å². The normalized spacial score (nSPS) is 16.9. The first-order chi connectivity index (χ1) is 6.92. The Hall–Kier alpha value is -0.480. The molecule has 1 aromatic heterocycles. The van der Waals surface area contributed by atoms with Gasteiger partial charge in [-0.1, -0.05) is 0 Å². The molecule has 0 unspecified atom stereocenters. The number of rotatable bonds is 5. The van der Waals surface area contributed by atoms with E-state index in [4.69, 9.17) is 0 Å². The van der Waals surface area contributed by atoms with Crippen LogP contribution in [0, 0.1) is 0 Å². The van der Waals surface area contributed by atoms with Crippen molar-refractivity contribution in [2.45, 2.75) is 18.9 Å². The maximum atomic E-state index is 4.23. The van der Waals surface area contributed by atoms with E-state index < -0.39 is 0 Å². The molecule has 4 heteroatoms. The zero-order chi connectivity index (χ0) is 9.80. The molecule has 0 aromatic carbocycles. The SMILES string of the molecule is CSCCCn1cncc1C1CNC1. The number of nitrogens with one attached hydrogen (secondary N) is 1. The number of hydrogen-bond donors (Lipinski definition) is 1. The summed E-state index contributed by atoms with van der Waals surface area (Å²) in [7, 11) is 0. The van der Waals surface area contributed by atoms with Crippen molar-refractivity contribution in [1.29, 1.82) is 0 Å². The molecule has 0 aliphatic carbocycles. The summed E-state index contributed by atoms with van der Waals surface area (Å²) in [6.45, 7) is 3.36. The average Bonchev–Trinajstić information content (AvgIpc) is 2.51. The number of aromatic nitrogens is 2. The van der Waals surface area contributed by atoms with E-state index in [2.05, 4.69) is 21.1 Å². The molecular formula is C10H17N3S. The summed E-state index contributed by atoms with van der Waals surface area (Å²) in [4.78, 5) is 4.23. The molecule has 1 aromatic rings. The fraction of sp³-hybridized carbons (Fsp3) is 0.700. The highest BCUT2D eigenvalue weighted by Gasteiger charge is 2.21. The lowest BCUT2D eigenvalue weighted by Gasteiger charge is -2.27. The predicted molar refractivity (Wildman–Crippen MR) is 60.8 cm³/mol. The molecule has 2 heterocycles. The molecule has 0 amide bonds. The van der Waals surface area contributed by atoms with Crippen molar-refractivity contribution in [3.05, 3.63) is 18.2 Å². The predicted octanol–water partition coefficient (Wildman–Crippen LogP) is 1.32. The highest BCUT2D eigenvalue weighted by Crippen LogP contribution is 2.19. The molecule has 78 valence electrons. The van der Waals surface area contributed by atoms with Crippen LogP contribution in [-0.2, 0) is 6.54 Å². The zero-order valence-electron chi connectivity index (χ0n) is 8.57. The van der Waals surface area contributed by atoms with E-state index in [9.17, 15) is 0 Å². The maximum Gasteiger partial charge on any atom is 0.0948 e. The molecule has 0 atom stereocenters. The number of aryl methyl sites for hydroxylation is 1. The molecule has 2 rings (SSSR count). The summed E-state index contributed by atoms with van der Waals surface area (Å²) in [6, 6.07) is 0. The van der Waals surface area contributed by atoms with Gasteiger partial charge in [0.05, 0.1) is 6.33 Å². The Balaban J connectivity index is 1.91. The van der Waals surface area contributed by atoms with Crippen molar-refractivity contribution in [3.8, 4) is 0 Å². The highest BCUT2D eigenvalue weighted by atomic mass is 32.2. The second kappa shape index (κ2) is 4.84. The van der Waals surface area contributed by atoms with Gasteiger partial charge in [-0.3, -0.25) is 0 Å². The minimum atomic E-state index is 0.701. The lowest BCUT2D eigenvalue weighted by Crippen LogP contribution is -2.40. The van der Waals surface area contributed by atoms with E-state index in [0.717, 1.165) is 19.6 Å². The monoisotopic (exact) mass is 211 g/mol. The maximum absolute atomic E-state index is 4.23. The molecule has 3 nitrogen and oxygen atoms in total. The molecule has 14 heavy (non-hydrogen) atoms. The topological polar surface area (TPSA) is 29.9 Å². The summed E-state index contributed by atoms with van der Waals surface area (Å²) in [5, 5.41) is 3.30. The zero-order valence-corrected chi connectivity index (χ0v) is 9.39. The Morgan fingerprint density at radius 1 is 1.64 bits per heavy atom. The summed E-state index contributed by atoms with van der Waals surface area (Å²) in [5.74, 6) is 1.94. The van der Waals surface area contributed by atoms with Gasteiger partial charge in [0.15, 0.2) is 0 Å². The van der Waals surface area contributed by atoms with Crippen molar-refractivity contribution in [1.82, 2.24) is 14.9 Å². The number of imidazole rings is 1. The number of nitrogens with zero attached hydrogens (tertiary/aromatic N) is 2. The van der Waals surface area contributed by atoms with Crippen LogP contribution in [-0.4, -0.2) is 34.6 Å². The first-order valence-corrected chi connectivity index (χ1v) is 6.51. The van der Waals surface area contributed by atoms with Gasteiger partial charge in [0.25, 0.3) is 0 Å². The Morgan fingerprint density at radius 3 is 3.14 bits per heavy atom. The molecule has 1 aliphatic heterocycles. The van der Waals surface area contributed by atoms with Crippen molar-refractivity contribution >= 4 is 11.8 Å². The molecule has 0 bridgehead atoms. The second-order valence-corrected chi connectivity index (χ2v) is 4.70. The van der Waals surface area contributed by atoms with Gasteiger partial charge in [-0.05, 0) is 18.4 Å². The molecule has 0 saturated carbocycles. The van der Waals surface area contributed by atoms with Crippen LogP contribution in [0.15, 0.2) is 12.5 Å². The van der Waals surface area contributed by atoms with E-state index >= 15 is 0 Å². The van der Waals surface area contributed by atoms with Crippen molar-refractivity contribution in [2.24, 2.45) is 0 Å². The largest absolute Gasteiger partial charge is 0.334 e. The molecule has 0 spiro atoms. The van der Waals surface area contributed by atoms with Crippen LogP contribution in [0.25, 0.3) is 0 Å². The Morgan fingerprint density at radius 2 is 2.50 bits per heavy atom. The lowest BCUT2D eigenvalue weighted by atomic mass is 10.00. The van der Waals surface area contributed by atoms with E-state index in [1.54, 1.807) is 0 Å². The Bertz CT molecular complexity index is 281. The Kier molecular flexibility index (Phi) is 3.48. The van der Waals surface area contributed by atoms with Crippen LogP contribution in [0.3, 0.4) is 0 Å². The average molecular weight is 211 g/mol. The quantitative estimate of drug-likeness (QED) is 0.745. The van der Waals surface area contributed by atoms with Gasteiger partial charge in [-0.25, -0.2) is 4.98 Å². The summed E-state index contributed by atoms with van der Waals surface area (Å²) >= 11 is 1.91. The minimum absolute atomic E-state index is 0.701. The van der Waals surface area contributed by atoms with Crippen molar-refractivity contribution in [3.63, 3.8) is 0 Å². The highest BCUT2D eigenvalue weighted by molar-refractivity contribution is 7.98. The van der Waals surface area contributed by atoms with Gasteiger partial charge in [0.1, 0.15) is 0 Å². The molecule has 1 saturated heterocycles. The molecular weight excluding hydrogens is 194 g/mol. The van der Waals surface area contributed by atoms with Crippen LogP contribution in [0.1, 0.15) is 18.0 Å². The molecule has 0 radical (unpaired) electrons. The van der Waals surface area contributed by atoms with Crippen molar-refractivity contribution < 1.29 is 0 Å². The van der Waals surface area contributed by atoms with Gasteiger partial charge in [-0.15, -0.1) is 0 Å². The fourth-order valence-corrected chi connectivity index (χ4v) is 2.15. The van der Waals surface area contributed by atoms with E-state index in [-0.39, 0.29) is 0 Å². The van der Waals surface area contributed by atoms with Crippen molar-refractivity contribution in [2.75, 3.05) is 25.1 Å². The smallest absolute Gasteiger partial charge is 0.0948 e. The van der Waals surface area contributed by atoms with Gasteiger partial charge < -0.3 is 9.88 Å². The van der Waals surface area contributed by atoms with E-state index in [1.165, 1.54) is 17.9 Å². The standard InChI is InChI=1S/C10H17N3S/c1-14-4-2-3-13-8-12-7-10(13)9-5-11-6-9/h7-9,11H,2-6H2,1H3. The number of hydrogen-bond acceptors (Lipinski definition) is 3. The lowest BCUT2D eigenvalue weighted by molar-refractivity contribution is 0.423. The van der Waals surface area contributed by atoms with Crippen LogP contribution in [0.4, 0.5) is 0 Å².